The van der Waals surface area contributed by atoms with E-state index in [0.717, 1.165) is 0 Å². The molecule has 2 aromatic carbocycles. The molecule has 1 fully saturated rings. The number of benzene rings is 2. The van der Waals surface area contributed by atoms with Crippen molar-refractivity contribution < 1.29 is 23.9 Å². The first-order valence-corrected chi connectivity index (χ1v) is 11.3. The summed E-state index contributed by atoms with van der Waals surface area (Å²) >= 11 is 6.08. The summed E-state index contributed by atoms with van der Waals surface area (Å²) in [5.74, 6) is 0.623. The molecule has 4 amide bonds. The molecule has 180 valence electrons. The molecule has 2 aromatic rings. The van der Waals surface area contributed by atoms with Crippen LogP contribution in [0, 0.1) is 0 Å². The summed E-state index contributed by atoms with van der Waals surface area (Å²) in [6.45, 7) is 3.74. The number of nitrogens with zero attached hydrogens (tertiary/aromatic N) is 2. The van der Waals surface area contributed by atoms with Gasteiger partial charge in [-0.3, -0.25) is 24.7 Å². The molecule has 0 spiro atoms. The molecule has 11 heteroatoms. The standard InChI is InChI=1S/C23H26ClN5O5/c24-17-3-1-2-4-18(17)26-21(30)14-28-7-9-29(10-8-28)15-22(31)27-23(32)25-16-5-6-19-20(13-16)34-12-11-33-19/h1-6,13H,7-12,14-15H2,(H,26,30)(H2,25,27,31,32). The van der Waals surface area contributed by atoms with Gasteiger partial charge in [0.2, 0.25) is 11.8 Å². The second-order valence-corrected chi connectivity index (χ2v) is 8.35. The summed E-state index contributed by atoms with van der Waals surface area (Å²) in [6.07, 6.45) is 0. The summed E-state index contributed by atoms with van der Waals surface area (Å²) in [7, 11) is 0. The number of halogens is 1. The number of fused-ring (bicyclic) bond motifs is 1. The Balaban J connectivity index is 1.16. The molecule has 34 heavy (non-hydrogen) atoms. The molecule has 10 nitrogen and oxygen atoms in total. The third kappa shape index (κ3) is 6.60. The van der Waals surface area contributed by atoms with E-state index in [2.05, 4.69) is 16.0 Å². The van der Waals surface area contributed by atoms with Crippen molar-refractivity contribution in [3.63, 3.8) is 0 Å². The van der Waals surface area contributed by atoms with Gasteiger partial charge in [0.25, 0.3) is 0 Å². The minimum absolute atomic E-state index is 0.0915. The number of rotatable bonds is 6. The number of piperazine rings is 1. The number of nitrogens with one attached hydrogen (secondary N) is 3. The normalized spacial score (nSPS) is 15.9. The summed E-state index contributed by atoms with van der Waals surface area (Å²) in [5, 5.41) is 8.26. The van der Waals surface area contributed by atoms with E-state index in [4.69, 9.17) is 21.1 Å². The van der Waals surface area contributed by atoms with Crippen LogP contribution >= 0.6 is 11.6 Å². The summed E-state index contributed by atoms with van der Waals surface area (Å²) in [6, 6.07) is 11.5. The number of para-hydroxylation sites is 1. The molecular formula is C23H26ClN5O5. The van der Waals surface area contributed by atoms with Gasteiger partial charge in [0, 0.05) is 37.9 Å². The van der Waals surface area contributed by atoms with Gasteiger partial charge in [-0.05, 0) is 24.3 Å². The number of ether oxygens (including phenoxy) is 2. The van der Waals surface area contributed by atoms with Gasteiger partial charge in [-0.15, -0.1) is 0 Å². The number of imide groups is 1. The Morgan fingerprint density at radius 3 is 2.18 bits per heavy atom. The van der Waals surface area contributed by atoms with E-state index < -0.39 is 11.9 Å². The molecule has 0 saturated carbocycles. The smallest absolute Gasteiger partial charge is 0.325 e. The van der Waals surface area contributed by atoms with Crippen molar-refractivity contribution >= 4 is 40.8 Å². The van der Waals surface area contributed by atoms with Gasteiger partial charge in [-0.25, -0.2) is 4.79 Å². The predicted octanol–water partition coefficient (Wildman–Crippen LogP) is 2.02. The first-order valence-electron chi connectivity index (χ1n) is 11.0. The van der Waals surface area contributed by atoms with Crippen molar-refractivity contribution in [3.05, 3.63) is 47.5 Å². The van der Waals surface area contributed by atoms with E-state index in [1.165, 1.54) is 0 Å². The SMILES string of the molecule is O=C(CN1CCN(CC(=O)Nc2ccccc2Cl)CC1)NC(=O)Nc1ccc2c(c1)OCCO2. The van der Waals surface area contributed by atoms with E-state index in [1.807, 2.05) is 15.9 Å². The van der Waals surface area contributed by atoms with E-state index in [0.29, 0.717) is 67.3 Å². The van der Waals surface area contributed by atoms with Gasteiger partial charge in [0.05, 0.1) is 23.8 Å². The highest BCUT2D eigenvalue weighted by Crippen LogP contribution is 2.32. The molecule has 0 radical (unpaired) electrons. The lowest BCUT2D eigenvalue weighted by Crippen LogP contribution is -2.51. The van der Waals surface area contributed by atoms with Crippen LogP contribution in [-0.4, -0.2) is 80.1 Å². The summed E-state index contributed by atoms with van der Waals surface area (Å²) < 4.78 is 10.9. The van der Waals surface area contributed by atoms with E-state index >= 15 is 0 Å². The molecule has 0 aromatic heterocycles. The molecule has 4 rings (SSSR count). The molecule has 0 aliphatic carbocycles. The zero-order valence-corrected chi connectivity index (χ0v) is 19.3. The largest absolute Gasteiger partial charge is 0.486 e. The molecule has 2 aliphatic rings. The van der Waals surface area contributed by atoms with Crippen LogP contribution in [0.5, 0.6) is 11.5 Å². The summed E-state index contributed by atoms with van der Waals surface area (Å²) in [4.78, 5) is 40.7. The highest BCUT2D eigenvalue weighted by molar-refractivity contribution is 6.33. The van der Waals surface area contributed by atoms with Gasteiger partial charge in [-0.1, -0.05) is 23.7 Å². The maximum Gasteiger partial charge on any atom is 0.325 e. The monoisotopic (exact) mass is 487 g/mol. The zero-order valence-electron chi connectivity index (χ0n) is 18.5. The van der Waals surface area contributed by atoms with E-state index in [-0.39, 0.29) is 19.0 Å². The second-order valence-electron chi connectivity index (χ2n) is 7.94. The zero-order chi connectivity index (χ0) is 23.9. The van der Waals surface area contributed by atoms with Crippen LogP contribution in [0.2, 0.25) is 5.02 Å². The fourth-order valence-electron chi connectivity index (χ4n) is 3.71. The average Bonchev–Trinajstić information content (AvgIpc) is 2.81. The summed E-state index contributed by atoms with van der Waals surface area (Å²) in [5.41, 5.74) is 1.08. The fraction of sp³-hybridized carbons (Fsp3) is 0.348. The lowest BCUT2D eigenvalue weighted by Gasteiger charge is -2.33. The van der Waals surface area contributed by atoms with Crippen molar-refractivity contribution in [1.82, 2.24) is 15.1 Å². The highest BCUT2D eigenvalue weighted by Gasteiger charge is 2.22. The Morgan fingerprint density at radius 1 is 0.824 bits per heavy atom. The highest BCUT2D eigenvalue weighted by atomic mass is 35.5. The van der Waals surface area contributed by atoms with E-state index in [1.54, 1.807) is 36.4 Å². The number of carbonyl (C=O) groups is 3. The maximum absolute atomic E-state index is 12.3. The number of amides is 4. The van der Waals surface area contributed by atoms with Crippen molar-refractivity contribution in [1.29, 1.82) is 0 Å². The Morgan fingerprint density at radius 2 is 1.47 bits per heavy atom. The third-order valence-corrected chi connectivity index (χ3v) is 5.73. The van der Waals surface area contributed by atoms with Crippen LogP contribution in [0.15, 0.2) is 42.5 Å². The predicted molar refractivity (Wildman–Crippen MR) is 128 cm³/mol. The van der Waals surface area contributed by atoms with Crippen LogP contribution < -0.4 is 25.4 Å². The van der Waals surface area contributed by atoms with Crippen LogP contribution in [0.1, 0.15) is 0 Å². The van der Waals surface area contributed by atoms with Gasteiger partial charge < -0.3 is 20.1 Å². The molecule has 1 saturated heterocycles. The number of hydrogen-bond acceptors (Lipinski definition) is 7. The van der Waals surface area contributed by atoms with Gasteiger partial charge in [0.15, 0.2) is 11.5 Å². The molecule has 0 unspecified atom stereocenters. The maximum atomic E-state index is 12.3. The lowest BCUT2D eigenvalue weighted by atomic mass is 10.2. The van der Waals surface area contributed by atoms with Crippen molar-refractivity contribution in [2.75, 3.05) is 63.1 Å². The Labute approximate surface area is 202 Å². The Kier molecular flexibility index (Phi) is 7.84. The quantitative estimate of drug-likeness (QED) is 0.571. The number of carbonyl (C=O) groups excluding carboxylic acids is 3. The van der Waals surface area contributed by atoms with Crippen LogP contribution in [0.4, 0.5) is 16.2 Å². The number of anilines is 2. The number of hydrogen-bond donors (Lipinski definition) is 3. The van der Waals surface area contributed by atoms with Gasteiger partial charge >= 0.3 is 6.03 Å². The van der Waals surface area contributed by atoms with Crippen molar-refractivity contribution in [2.24, 2.45) is 0 Å². The third-order valence-electron chi connectivity index (χ3n) is 5.40. The van der Waals surface area contributed by atoms with Crippen molar-refractivity contribution in [3.8, 4) is 11.5 Å². The molecular weight excluding hydrogens is 462 g/mol. The van der Waals surface area contributed by atoms with Crippen LogP contribution in [0.25, 0.3) is 0 Å². The van der Waals surface area contributed by atoms with Crippen LogP contribution in [0.3, 0.4) is 0 Å². The van der Waals surface area contributed by atoms with Crippen molar-refractivity contribution in [2.45, 2.75) is 0 Å². The fourth-order valence-corrected chi connectivity index (χ4v) is 3.90. The minimum Gasteiger partial charge on any atom is -0.486 e. The van der Waals surface area contributed by atoms with Crippen LogP contribution in [-0.2, 0) is 9.59 Å². The molecule has 2 heterocycles. The molecule has 0 atom stereocenters. The molecule has 0 bridgehead atoms. The first-order chi connectivity index (χ1) is 16.5. The van der Waals surface area contributed by atoms with Gasteiger partial charge in [0.1, 0.15) is 13.2 Å². The second kappa shape index (κ2) is 11.2. The first kappa shape index (κ1) is 23.8. The van der Waals surface area contributed by atoms with Gasteiger partial charge in [-0.2, -0.15) is 0 Å². The molecule has 3 N–H and O–H groups in total. The topological polar surface area (TPSA) is 112 Å². The minimum atomic E-state index is -0.614. The number of urea groups is 1. The van der Waals surface area contributed by atoms with E-state index in [9.17, 15) is 14.4 Å². The lowest BCUT2D eigenvalue weighted by molar-refractivity contribution is -0.122. The molecule has 2 aliphatic heterocycles. The Bertz CT molecular complexity index is 1060. The average molecular weight is 488 g/mol. The Hall–Kier alpha value is -3.34.